The third-order valence-corrected chi connectivity index (χ3v) is 4.86. The standard InChI is InChI=1S/C14H15BrF2INO/c1-8-6-9(15)7-10(18)12(8)13(20)19-11-4-2-3-5-14(11,16)17/h6-7,11H,2-5H2,1H3,(H,19,20). The molecule has 1 unspecified atom stereocenters. The Kier molecular flexibility index (Phi) is 5.05. The number of halogens is 4. The van der Waals surface area contributed by atoms with Gasteiger partial charge in [0.2, 0.25) is 0 Å². The van der Waals surface area contributed by atoms with E-state index in [9.17, 15) is 13.6 Å². The summed E-state index contributed by atoms with van der Waals surface area (Å²) in [6.07, 6.45) is 1.45. The molecule has 1 aromatic rings. The first kappa shape index (κ1) is 16.1. The van der Waals surface area contributed by atoms with Gasteiger partial charge in [0, 0.05) is 14.5 Å². The summed E-state index contributed by atoms with van der Waals surface area (Å²) in [6, 6.07) is 2.57. The van der Waals surface area contributed by atoms with Crippen LogP contribution in [0.2, 0.25) is 0 Å². The maximum Gasteiger partial charge on any atom is 0.267 e. The van der Waals surface area contributed by atoms with E-state index in [0.717, 1.165) is 20.0 Å². The molecule has 20 heavy (non-hydrogen) atoms. The number of rotatable bonds is 2. The third kappa shape index (κ3) is 3.50. The molecule has 2 rings (SSSR count). The smallest absolute Gasteiger partial charge is 0.267 e. The highest BCUT2D eigenvalue weighted by Crippen LogP contribution is 2.34. The van der Waals surface area contributed by atoms with Crippen LogP contribution < -0.4 is 5.32 Å². The van der Waals surface area contributed by atoms with E-state index in [1.165, 1.54) is 0 Å². The number of amides is 1. The van der Waals surface area contributed by atoms with Crippen LogP contribution in [-0.4, -0.2) is 17.9 Å². The summed E-state index contributed by atoms with van der Waals surface area (Å²) in [6.45, 7) is 1.81. The lowest BCUT2D eigenvalue weighted by Gasteiger charge is -2.32. The lowest BCUT2D eigenvalue weighted by atomic mass is 9.91. The van der Waals surface area contributed by atoms with Crippen LogP contribution >= 0.6 is 38.5 Å². The van der Waals surface area contributed by atoms with Gasteiger partial charge in [-0.1, -0.05) is 22.4 Å². The molecular weight excluding hydrogens is 443 g/mol. The highest BCUT2D eigenvalue weighted by Gasteiger charge is 2.42. The summed E-state index contributed by atoms with van der Waals surface area (Å²) < 4.78 is 29.2. The summed E-state index contributed by atoms with van der Waals surface area (Å²) in [7, 11) is 0. The quantitative estimate of drug-likeness (QED) is 0.642. The number of alkyl halides is 2. The fourth-order valence-electron chi connectivity index (χ4n) is 2.49. The van der Waals surface area contributed by atoms with Gasteiger partial charge in [-0.15, -0.1) is 0 Å². The number of aryl methyl sites for hydroxylation is 1. The van der Waals surface area contributed by atoms with Crippen molar-refractivity contribution in [3.63, 3.8) is 0 Å². The van der Waals surface area contributed by atoms with Gasteiger partial charge in [0.25, 0.3) is 11.8 Å². The van der Waals surface area contributed by atoms with Crippen LogP contribution in [0.4, 0.5) is 8.78 Å². The molecule has 1 atom stereocenters. The molecule has 6 heteroatoms. The Hall–Kier alpha value is -0.240. The van der Waals surface area contributed by atoms with Crippen molar-refractivity contribution in [2.75, 3.05) is 0 Å². The summed E-state index contributed by atoms with van der Waals surface area (Å²) in [5, 5.41) is 2.52. The molecule has 0 aliphatic heterocycles. The van der Waals surface area contributed by atoms with E-state index in [1.54, 1.807) is 6.92 Å². The van der Waals surface area contributed by atoms with Gasteiger partial charge in [0.1, 0.15) is 0 Å². The molecule has 1 aliphatic rings. The van der Waals surface area contributed by atoms with Crippen molar-refractivity contribution in [3.05, 3.63) is 31.3 Å². The molecule has 1 N–H and O–H groups in total. The molecule has 1 aliphatic carbocycles. The summed E-state index contributed by atoms with van der Waals surface area (Å²) in [5.41, 5.74) is 1.26. The van der Waals surface area contributed by atoms with Crippen LogP contribution in [0, 0.1) is 10.5 Å². The molecule has 0 heterocycles. The van der Waals surface area contributed by atoms with E-state index in [0.29, 0.717) is 18.4 Å². The molecule has 0 radical (unpaired) electrons. The lowest BCUT2D eigenvalue weighted by Crippen LogP contribution is -2.49. The first-order valence-corrected chi connectivity index (χ1v) is 8.33. The number of nitrogens with one attached hydrogen (secondary N) is 1. The fourth-order valence-corrected chi connectivity index (χ4v) is 4.50. The van der Waals surface area contributed by atoms with Gasteiger partial charge in [0.15, 0.2) is 0 Å². The van der Waals surface area contributed by atoms with Gasteiger partial charge in [-0.3, -0.25) is 4.79 Å². The van der Waals surface area contributed by atoms with E-state index < -0.39 is 17.9 Å². The minimum atomic E-state index is -2.80. The van der Waals surface area contributed by atoms with Crippen LogP contribution in [0.3, 0.4) is 0 Å². The lowest BCUT2D eigenvalue weighted by molar-refractivity contribution is -0.0609. The normalized spacial score (nSPS) is 21.6. The minimum Gasteiger partial charge on any atom is -0.343 e. The Morgan fingerprint density at radius 3 is 2.75 bits per heavy atom. The van der Waals surface area contributed by atoms with Gasteiger partial charge in [-0.05, 0) is 60.1 Å². The molecule has 1 saturated carbocycles. The fraction of sp³-hybridized carbons (Fsp3) is 0.500. The average Bonchev–Trinajstić information content (AvgIpc) is 2.30. The second kappa shape index (κ2) is 6.25. The Labute approximate surface area is 139 Å². The molecule has 110 valence electrons. The van der Waals surface area contributed by atoms with Crippen LogP contribution in [0.25, 0.3) is 0 Å². The Morgan fingerprint density at radius 1 is 1.45 bits per heavy atom. The number of hydrogen-bond donors (Lipinski definition) is 1. The summed E-state index contributed by atoms with van der Waals surface area (Å²) in [5.74, 6) is -3.21. The van der Waals surface area contributed by atoms with Crippen LogP contribution in [0.5, 0.6) is 0 Å². The number of carbonyl (C=O) groups excluding carboxylic acids is 1. The zero-order valence-corrected chi connectivity index (χ0v) is 14.7. The number of hydrogen-bond acceptors (Lipinski definition) is 1. The molecule has 0 bridgehead atoms. The van der Waals surface area contributed by atoms with E-state index in [1.807, 2.05) is 12.1 Å². The predicted octanol–water partition coefficient (Wildman–Crippen LogP) is 4.67. The molecule has 0 aromatic heterocycles. The van der Waals surface area contributed by atoms with Gasteiger partial charge in [-0.2, -0.15) is 0 Å². The predicted molar refractivity (Wildman–Crippen MR) is 86.3 cm³/mol. The maximum absolute atomic E-state index is 13.8. The van der Waals surface area contributed by atoms with E-state index in [2.05, 4.69) is 43.8 Å². The largest absolute Gasteiger partial charge is 0.343 e. The minimum absolute atomic E-state index is 0.144. The van der Waals surface area contributed by atoms with Crippen molar-refractivity contribution in [1.82, 2.24) is 5.32 Å². The van der Waals surface area contributed by atoms with Gasteiger partial charge in [-0.25, -0.2) is 8.78 Å². The van der Waals surface area contributed by atoms with Crippen molar-refractivity contribution < 1.29 is 13.6 Å². The van der Waals surface area contributed by atoms with E-state index >= 15 is 0 Å². The highest BCUT2D eigenvalue weighted by atomic mass is 127. The molecule has 1 amide bonds. The average molecular weight is 458 g/mol. The topological polar surface area (TPSA) is 29.1 Å². The van der Waals surface area contributed by atoms with Crippen LogP contribution in [-0.2, 0) is 0 Å². The zero-order valence-electron chi connectivity index (χ0n) is 11.0. The van der Waals surface area contributed by atoms with Crippen molar-refractivity contribution >= 4 is 44.4 Å². The first-order valence-electron chi connectivity index (χ1n) is 6.45. The molecule has 1 aromatic carbocycles. The van der Waals surface area contributed by atoms with Gasteiger partial charge < -0.3 is 5.32 Å². The highest BCUT2D eigenvalue weighted by molar-refractivity contribution is 14.1. The molecule has 0 saturated heterocycles. The second-order valence-electron chi connectivity index (χ2n) is 5.11. The molecule has 2 nitrogen and oxygen atoms in total. The Morgan fingerprint density at radius 2 is 2.15 bits per heavy atom. The number of benzene rings is 1. The zero-order chi connectivity index (χ0) is 14.9. The Balaban J connectivity index is 2.20. The maximum atomic E-state index is 13.8. The molecule has 0 spiro atoms. The molecular formula is C14H15BrF2INO. The molecule has 1 fully saturated rings. The van der Waals surface area contributed by atoms with Gasteiger partial charge in [0.05, 0.1) is 11.6 Å². The van der Waals surface area contributed by atoms with Gasteiger partial charge >= 0.3 is 0 Å². The van der Waals surface area contributed by atoms with Crippen molar-refractivity contribution in [2.45, 2.75) is 44.6 Å². The second-order valence-corrected chi connectivity index (χ2v) is 7.19. The van der Waals surface area contributed by atoms with Crippen molar-refractivity contribution in [1.29, 1.82) is 0 Å². The van der Waals surface area contributed by atoms with E-state index in [-0.39, 0.29) is 6.42 Å². The van der Waals surface area contributed by atoms with Crippen molar-refractivity contribution in [2.24, 2.45) is 0 Å². The third-order valence-electron chi connectivity index (χ3n) is 3.55. The summed E-state index contributed by atoms with van der Waals surface area (Å²) in [4.78, 5) is 12.3. The monoisotopic (exact) mass is 457 g/mol. The van der Waals surface area contributed by atoms with E-state index in [4.69, 9.17) is 0 Å². The Bertz CT molecular complexity index is 513. The van der Waals surface area contributed by atoms with Crippen LogP contribution in [0.15, 0.2) is 16.6 Å². The SMILES string of the molecule is Cc1cc(Br)cc(I)c1C(=O)NC1CCCCC1(F)F. The first-order chi connectivity index (χ1) is 9.31. The number of carbonyl (C=O) groups is 1. The van der Waals surface area contributed by atoms with Crippen LogP contribution in [0.1, 0.15) is 41.6 Å². The summed E-state index contributed by atoms with van der Waals surface area (Å²) >= 11 is 5.41. The van der Waals surface area contributed by atoms with Crippen molar-refractivity contribution in [3.8, 4) is 0 Å².